The molecule has 3 N–H and O–H groups in total. The van der Waals surface area contributed by atoms with Crippen LogP contribution in [0.15, 0.2) is 53.2 Å². The van der Waals surface area contributed by atoms with E-state index in [-0.39, 0.29) is 0 Å². The molecule has 1 aliphatic carbocycles. The maximum atomic E-state index is 5.94. The molecule has 1 atom stereocenters. The van der Waals surface area contributed by atoms with Crippen molar-refractivity contribution in [3.8, 4) is 0 Å². The lowest BCUT2D eigenvalue weighted by atomic mass is 9.99. The number of guanidine groups is 1. The number of nitrogens with zero attached hydrogens (tertiary/aromatic N) is 1. The summed E-state index contributed by atoms with van der Waals surface area (Å²) in [5, 5.41) is 3.18. The van der Waals surface area contributed by atoms with Crippen LogP contribution in [-0.4, -0.2) is 5.96 Å². The van der Waals surface area contributed by atoms with Gasteiger partial charge in [0.25, 0.3) is 0 Å². The Morgan fingerprint density at radius 1 is 1.39 bits per heavy atom. The second-order valence-corrected chi connectivity index (χ2v) is 4.60. The van der Waals surface area contributed by atoms with Gasteiger partial charge in [0.2, 0.25) is 0 Å². The van der Waals surface area contributed by atoms with Crippen molar-refractivity contribution in [1.82, 2.24) is 5.32 Å². The van der Waals surface area contributed by atoms with E-state index in [1.165, 1.54) is 0 Å². The van der Waals surface area contributed by atoms with Crippen molar-refractivity contribution in [3.05, 3.63) is 53.8 Å². The van der Waals surface area contributed by atoms with Crippen LogP contribution >= 0.6 is 0 Å². The lowest BCUT2D eigenvalue weighted by Crippen LogP contribution is -2.33. The number of aryl methyl sites for hydroxylation is 1. The molecule has 0 amide bonds. The molecular formula is C15H19N3. The van der Waals surface area contributed by atoms with E-state index in [0.29, 0.717) is 11.9 Å². The normalized spacial score (nSPS) is 19.6. The summed E-state index contributed by atoms with van der Waals surface area (Å²) in [6.07, 6.45) is 7.29. The maximum Gasteiger partial charge on any atom is 0.198 e. The van der Waals surface area contributed by atoms with Crippen molar-refractivity contribution in [2.24, 2.45) is 16.6 Å². The minimum absolute atomic E-state index is 0.442. The van der Waals surface area contributed by atoms with Gasteiger partial charge in [-0.25, -0.2) is 4.99 Å². The fraction of sp³-hybridized carbons (Fsp3) is 0.267. The van der Waals surface area contributed by atoms with Crippen LogP contribution in [-0.2, 0) is 0 Å². The smallest absolute Gasteiger partial charge is 0.198 e. The van der Waals surface area contributed by atoms with Gasteiger partial charge in [0.15, 0.2) is 5.96 Å². The lowest BCUT2D eigenvalue weighted by Gasteiger charge is -2.18. The van der Waals surface area contributed by atoms with Crippen LogP contribution in [0.1, 0.15) is 18.9 Å². The Kier molecular flexibility index (Phi) is 3.82. The Hall–Kier alpha value is -2.03. The molecule has 0 aromatic heterocycles. The zero-order chi connectivity index (χ0) is 13.0. The van der Waals surface area contributed by atoms with Crippen molar-refractivity contribution in [2.45, 2.75) is 20.3 Å². The van der Waals surface area contributed by atoms with Gasteiger partial charge in [0, 0.05) is 5.70 Å². The van der Waals surface area contributed by atoms with Gasteiger partial charge in [-0.1, -0.05) is 37.3 Å². The summed E-state index contributed by atoms with van der Waals surface area (Å²) in [7, 11) is 0. The van der Waals surface area contributed by atoms with Gasteiger partial charge in [-0.2, -0.15) is 0 Å². The van der Waals surface area contributed by atoms with Crippen LogP contribution in [0.2, 0.25) is 0 Å². The van der Waals surface area contributed by atoms with Crippen LogP contribution in [0.25, 0.3) is 0 Å². The summed E-state index contributed by atoms with van der Waals surface area (Å²) in [5.41, 5.74) is 9.08. The summed E-state index contributed by atoms with van der Waals surface area (Å²) in [5.74, 6) is 0.901. The fourth-order valence-electron chi connectivity index (χ4n) is 1.90. The van der Waals surface area contributed by atoms with Gasteiger partial charge in [-0.3, -0.25) is 0 Å². The van der Waals surface area contributed by atoms with Crippen LogP contribution in [0.5, 0.6) is 0 Å². The summed E-state index contributed by atoms with van der Waals surface area (Å²) >= 11 is 0. The number of aliphatic imine (C=N–C) groups is 1. The van der Waals surface area contributed by atoms with Crippen LogP contribution in [0.3, 0.4) is 0 Å². The first-order chi connectivity index (χ1) is 8.66. The molecule has 18 heavy (non-hydrogen) atoms. The number of nitrogens with two attached hydrogens (primary N) is 1. The number of hydrogen-bond donors (Lipinski definition) is 2. The zero-order valence-corrected chi connectivity index (χ0v) is 10.9. The quantitative estimate of drug-likeness (QED) is 0.617. The van der Waals surface area contributed by atoms with E-state index < -0.39 is 0 Å². The zero-order valence-electron chi connectivity index (χ0n) is 10.9. The van der Waals surface area contributed by atoms with Crippen LogP contribution in [0.4, 0.5) is 5.69 Å². The molecule has 3 heteroatoms. The fourth-order valence-corrected chi connectivity index (χ4v) is 1.90. The molecule has 94 valence electrons. The highest BCUT2D eigenvalue weighted by molar-refractivity contribution is 5.83. The standard InChI is InChI=1S/C15H19N3/c1-11-7-3-5-9-13(11)17-15(16)18-14-10-6-4-8-12(14)2/h3-7,9-10,12H,8H2,1-2H3,(H3,16,17,18). The Morgan fingerprint density at radius 3 is 2.89 bits per heavy atom. The van der Waals surface area contributed by atoms with Crippen LogP contribution < -0.4 is 11.1 Å². The van der Waals surface area contributed by atoms with Crippen molar-refractivity contribution in [3.63, 3.8) is 0 Å². The lowest BCUT2D eigenvalue weighted by molar-refractivity contribution is 0.653. The molecule has 0 spiro atoms. The highest BCUT2D eigenvalue weighted by Gasteiger charge is 2.10. The molecule has 0 saturated carbocycles. The van der Waals surface area contributed by atoms with Gasteiger partial charge in [-0.05, 0) is 37.0 Å². The minimum atomic E-state index is 0.442. The average molecular weight is 241 g/mol. The molecule has 0 saturated heterocycles. The number of nitrogens with one attached hydrogen (secondary N) is 1. The largest absolute Gasteiger partial charge is 0.369 e. The molecule has 1 unspecified atom stereocenters. The number of rotatable bonds is 2. The Labute approximate surface area is 108 Å². The molecular weight excluding hydrogens is 222 g/mol. The molecule has 3 nitrogen and oxygen atoms in total. The SMILES string of the molecule is Cc1ccccc1N=C(N)NC1=CC=CCC1C. The van der Waals surface area contributed by atoms with Gasteiger partial charge >= 0.3 is 0 Å². The van der Waals surface area contributed by atoms with E-state index in [0.717, 1.165) is 23.4 Å². The van der Waals surface area contributed by atoms with Crippen molar-refractivity contribution in [2.75, 3.05) is 0 Å². The Morgan fingerprint density at radius 2 is 2.17 bits per heavy atom. The third-order valence-electron chi connectivity index (χ3n) is 3.06. The molecule has 1 aromatic carbocycles. The molecule has 0 radical (unpaired) electrons. The predicted octanol–water partition coefficient (Wildman–Crippen LogP) is 3.01. The first-order valence-electron chi connectivity index (χ1n) is 6.20. The van der Waals surface area contributed by atoms with Gasteiger partial charge in [0.1, 0.15) is 0 Å². The molecule has 2 rings (SSSR count). The minimum Gasteiger partial charge on any atom is -0.369 e. The monoisotopic (exact) mass is 241 g/mol. The second-order valence-electron chi connectivity index (χ2n) is 4.60. The van der Waals surface area contributed by atoms with Gasteiger partial charge in [0.05, 0.1) is 5.69 Å². The molecule has 1 aromatic rings. The molecule has 0 heterocycles. The Balaban J connectivity index is 2.13. The van der Waals surface area contributed by atoms with Crippen LogP contribution in [0, 0.1) is 12.8 Å². The third kappa shape index (κ3) is 3.00. The molecule has 0 aliphatic heterocycles. The number of para-hydroxylation sites is 1. The van der Waals surface area contributed by atoms with Crippen molar-refractivity contribution < 1.29 is 0 Å². The van der Waals surface area contributed by atoms with Crippen molar-refractivity contribution in [1.29, 1.82) is 0 Å². The second kappa shape index (κ2) is 5.54. The summed E-state index contributed by atoms with van der Waals surface area (Å²) in [6.45, 7) is 4.20. The van der Waals surface area contributed by atoms with Crippen molar-refractivity contribution >= 4 is 11.6 Å². The first-order valence-corrected chi connectivity index (χ1v) is 6.20. The maximum absolute atomic E-state index is 5.94. The summed E-state index contributed by atoms with van der Waals surface area (Å²) in [4.78, 5) is 4.41. The predicted molar refractivity (Wildman–Crippen MR) is 76.6 cm³/mol. The first kappa shape index (κ1) is 12.4. The van der Waals surface area contributed by atoms with Gasteiger partial charge in [-0.15, -0.1) is 0 Å². The van der Waals surface area contributed by atoms with E-state index in [1.54, 1.807) is 0 Å². The summed E-state index contributed by atoms with van der Waals surface area (Å²) < 4.78 is 0. The van der Waals surface area contributed by atoms with Gasteiger partial charge < -0.3 is 11.1 Å². The number of hydrogen-bond acceptors (Lipinski definition) is 1. The average Bonchev–Trinajstić information content (AvgIpc) is 2.35. The number of allylic oxidation sites excluding steroid dienone is 4. The molecule has 1 aliphatic rings. The third-order valence-corrected chi connectivity index (χ3v) is 3.06. The van der Waals surface area contributed by atoms with E-state index in [1.807, 2.05) is 43.3 Å². The Bertz CT molecular complexity index is 512. The summed E-state index contributed by atoms with van der Waals surface area (Å²) in [6, 6.07) is 7.94. The molecule has 0 fully saturated rings. The topological polar surface area (TPSA) is 50.4 Å². The van der Waals surface area contributed by atoms with E-state index in [9.17, 15) is 0 Å². The van der Waals surface area contributed by atoms with E-state index in [2.05, 4.69) is 23.3 Å². The highest BCUT2D eigenvalue weighted by Crippen LogP contribution is 2.19. The van der Waals surface area contributed by atoms with E-state index >= 15 is 0 Å². The van der Waals surface area contributed by atoms with E-state index in [4.69, 9.17) is 5.73 Å². The number of benzene rings is 1. The highest BCUT2D eigenvalue weighted by atomic mass is 15.1. The molecule has 0 bridgehead atoms.